The van der Waals surface area contributed by atoms with E-state index in [2.05, 4.69) is 15.9 Å². The molecule has 5 rings (SSSR count). The first kappa shape index (κ1) is 14.3. The first-order valence-corrected chi connectivity index (χ1v) is 9.24. The second kappa shape index (κ2) is 5.38. The Labute approximate surface area is 139 Å². The van der Waals surface area contributed by atoms with Crippen LogP contribution in [0.1, 0.15) is 37.7 Å². The van der Waals surface area contributed by atoms with Crippen molar-refractivity contribution in [1.29, 1.82) is 0 Å². The summed E-state index contributed by atoms with van der Waals surface area (Å²) in [5, 5.41) is 0.710. The standard InChI is InChI=1S/C18H20BrClO/c19-15-2-1-12(16(20)9-15)8-17(21)18-13-4-10-3-11(6-13)7-14(18)5-10/h1-2,9-11,13-14,18H,3-8H2. The maximum Gasteiger partial charge on any atom is 0.140 e. The van der Waals surface area contributed by atoms with Crippen LogP contribution in [0.15, 0.2) is 22.7 Å². The molecule has 0 heterocycles. The fourth-order valence-corrected chi connectivity index (χ4v) is 6.16. The number of halogens is 2. The lowest BCUT2D eigenvalue weighted by Crippen LogP contribution is -2.48. The molecule has 4 aliphatic carbocycles. The molecule has 4 bridgehead atoms. The number of ketones is 1. The first-order chi connectivity index (χ1) is 10.1. The Hall–Kier alpha value is -0.340. The van der Waals surface area contributed by atoms with E-state index in [0.29, 0.717) is 35.0 Å². The quantitative estimate of drug-likeness (QED) is 0.709. The van der Waals surface area contributed by atoms with E-state index < -0.39 is 0 Å². The minimum absolute atomic E-state index is 0.317. The summed E-state index contributed by atoms with van der Waals surface area (Å²) in [6.45, 7) is 0. The Kier molecular flexibility index (Phi) is 3.66. The van der Waals surface area contributed by atoms with Crippen LogP contribution in [0.4, 0.5) is 0 Å². The highest BCUT2D eigenvalue weighted by Crippen LogP contribution is 2.56. The average Bonchev–Trinajstić information content (AvgIpc) is 2.40. The Morgan fingerprint density at radius 2 is 1.71 bits per heavy atom. The predicted octanol–water partition coefficient (Wildman–Crippen LogP) is 5.29. The van der Waals surface area contributed by atoms with Crippen molar-refractivity contribution in [3.63, 3.8) is 0 Å². The van der Waals surface area contributed by atoms with Crippen LogP contribution in [0.3, 0.4) is 0 Å². The van der Waals surface area contributed by atoms with Crippen LogP contribution in [0.2, 0.25) is 5.02 Å². The Morgan fingerprint density at radius 1 is 1.10 bits per heavy atom. The summed E-state index contributed by atoms with van der Waals surface area (Å²) in [7, 11) is 0. The molecule has 4 fully saturated rings. The van der Waals surface area contributed by atoms with Gasteiger partial charge in [0.15, 0.2) is 0 Å². The smallest absolute Gasteiger partial charge is 0.140 e. The van der Waals surface area contributed by atoms with Gasteiger partial charge < -0.3 is 0 Å². The topological polar surface area (TPSA) is 17.1 Å². The molecule has 1 nitrogen and oxygen atoms in total. The Balaban J connectivity index is 1.52. The van der Waals surface area contributed by atoms with E-state index in [0.717, 1.165) is 21.9 Å². The lowest BCUT2D eigenvalue weighted by atomic mass is 9.51. The number of hydrogen-bond acceptors (Lipinski definition) is 1. The van der Waals surface area contributed by atoms with E-state index in [9.17, 15) is 4.79 Å². The SMILES string of the molecule is O=C(Cc1ccc(Br)cc1Cl)C1C2CC3CC(C2)CC1C3. The van der Waals surface area contributed by atoms with Crippen molar-refractivity contribution in [3.05, 3.63) is 33.3 Å². The van der Waals surface area contributed by atoms with E-state index in [1.807, 2.05) is 18.2 Å². The van der Waals surface area contributed by atoms with Gasteiger partial charge in [0.1, 0.15) is 5.78 Å². The number of Topliss-reactive ketones (excluding diaryl/α,β-unsaturated/α-hetero) is 1. The van der Waals surface area contributed by atoms with E-state index in [1.165, 1.54) is 32.1 Å². The minimum Gasteiger partial charge on any atom is -0.299 e. The average molecular weight is 368 g/mol. The van der Waals surface area contributed by atoms with Crippen molar-refractivity contribution < 1.29 is 4.79 Å². The minimum atomic E-state index is 0.317. The third kappa shape index (κ3) is 2.59. The van der Waals surface area contributed by atoms with E-state index in [-0.39, 0.29) is 0 Å². The van der Waals surface area contributed by atoms with Crippen LogP contribution in [0.5, 0.6) is 0 Å². The molecule has 4 saturated carbocycles. The summed E-state index contributed by atoms with van der Waals surface area (Å²) in [5.41, 5.74) is 0.985. The summed E-state index contributed by atoms with van der Waals surface area (Å²) in [6.07, 6.45) is 7.16. The fraction of sp³-hybridized carbons (Fsp3) is 0.611. The van der Waals surface area contributed by atoms with Crippen LogP contribution in [0, 0.1) is 29.6 Å². The van der Waals surface area contributed by atoms with Gasteiger partial charge in [-0.15, -0.1) is 0 Å². The van der Waals surface area contributed by atoms with Gasteiger partial charge in [-0.2, -0.15) is 0 Å². The van der Waals surface area contributed by atoms with Gasteiger partial charge in [0.25, 0.3) is 0 Å². The first-order valence-electron chi connectivity index (χ1n) is 8.07. The lowest BCUT2D eigenvalue weighted by Gasteiger charge is -2.53. The van der Waals surface area contributed by atoms with Crippen LogP contribution in [-0.2, 0) is 11.2 Å². The van der Waals surface area contributed by atoms with Crippen molar-refractivity contribution in [2.24, 2.45) is 29.6 Å². The van der Waals surface area contributed by atoms with Crippen LogP contribution in [-0.4, -0.2) is 5.78 Å². The van der Waals surface area contributed by atoms with Gasteiger partial charge in [-0.05, 0) is 73.5 Å². The van der Waals surface area contributed by atoms with Gasteiger partial charge in [0.2, 0.25) is 0 Å². The molecule has 0 amide bonds. The fourth-order valence-electron chi connectivity index (χ4n) is 5.42. The monoisotopic (exact) mass is 366 g/mol. The highest BCUT2D eigenvalue weighted by Gasteiger charge is 2.50. The van der Waals surface area contributed by atoms with E-state index >= 15 is 0 Å². The molecule has 0 spiro atoms. The summed E-state index contributed by atoms with van der Waals surface area (Å²) in [6, 6.07) is 5.85. The molecule has 0 saturated heterocycles. The normalized spacial score (nSPS) is 37.0. The third-order valence-corrected chi connectivity index (χ3v) is 6.82. The summed E-state index contributed by atoms with van der Waals surface area (Å²) in [4.78, 5) is 12.9. The van der Waals surface area contributed by atoms with Gasteiger partial charge in [0.05, 0.1) is 0 Å². The molecule has 0 radical (unpaired) electrons. The van der Waals surface area contributed by atoms with Crippen LogP contribution in [0.25, 0.3) is 0 Å². The second-order valence-electron chi connectivity index (χ2n) is 7.34. The molecular formula is C18H20BrClO. The molecule has 3 heteroatoms. The zero-order chi connectivity index (χ0) is 14.6. The summed E-state index contributed by atoms with van der Waals surface area (Å²) in [5.74, 6) is 3.94. The van der Waals surface area contributed by atoms with Gasteiger partial charge in [-0.1, -0.05) is 33.6 Å². The lowest BCUT2D eigenvalue weighted by molar-refractivity contribution is -0.135. The number of carbonyl (C=O) groups is 1. The molecule has 4 aliphatic rings. The van der Waals surface area contributed by atoms with Crippen molar-refractivity contribution in [3.8, 4) is 0 Å². The van der Waals surface area contributed by atoms with Gasteiger partial charge >= 0.3 is 0 Å². The molecule has 0 N–H and O–H groups in total. The van der Waals surface area contributed by atoms with Gasteiger partial charge in [-0.3, -0.25) is 4.79 Å². The number of benzene rings is 1. The highest BCUT2D eigenvalue weighted by atomic mass is 79.9. The van der Waals surface area contributed by atoms with Gasteiger partial charge in [-0.25, -0.2) is 0 Å². The molecule has 1 aromatic rings. The third-order valence-electron chi connectivity index (χ3n) is 5.98. The van der Waals surface area contributed by atoms with Crippen molar-refractivity contribution in [2.45, 2.75) is 38.5 Å². The molecule has 0 unspecified atom stereocenters. The molecule has 21 heavy (non-hydrogen) atoms. The van der Waals surface area contributed by atoms with Crippen molar-refractivity contribution in [1.82, 2.24) is 0 Å². The van der Waals surface area contributed by atoms with Crippen molar-refractivity contribution >= 4 is 33.3 Å². The molecule has 0 aromatic heterocycles. The molecular weight excluding hydrogens is 348 g/mol. The molecule has 112 valence electrons. The van der Waals surface area contributed by atoms with E-state index in [4.69, 9.17) is 11.6 Å². The van der Waals surface area contributed by atoms with E-state index in [1.54, 1.807) is 0 Å². The number of rotatable bonds is 3. The maximum atomic E-state index is 12.9. The van der Waals surface area contributed by atoms with Crippen LogP contribution >= 0.6 is 27.5 Å². The second-order valence-corrected chi connectivity index (χ2v) is 8.66. The maximum absolute atomic E-state index is 12.9. The van der Waals surface area contributed by atoms with Crippen molar-refractivity contribution in [2.75, 3.05) is 0 Å². The zero-order valence-corrected chi connectivity index (χ0v) is 14.4. The number of carbonyl (C=O) groups excluding carboxylic acids is 1. The summed E-state index contributed by atoms with van der Waals surface area (Å²) >= 11 is 9.70. The molecule has 1 aromatic carbocycles. The Morgan fingerprint density at radius 3 is 2.29 bits per heavy atom. The zero-order valence-electron chi connectivity index (χ0n) is 12.0. The molecule has 0 aliphatic heterocycles. The highest BCUT2D eigenvalue weighted by molar-refractivity contribution is 9.10. The van der Waals surface area contributed by atoms with Gasteiger partial charge in [0, 0.05) is 21.8 Å². The predicted molar refractivity (Wildman–Crippen MR) is 88.4 cm³/mol. The summed E-state index contributed by atoms with van der Waals surface area (Å²) < 4.78 is 0.971. The number of hydrogen-bond donors (Lipinski definition) is 0. The van der Waals surface area contributed by atoms with Crippen LogP contribution < -0.4 is 0 Å². The molecule has 0 atom stereocenters. The largest absolute Gasteiger partial charge is 0.299 e. The Bertz CT molecular complexity index is 555.